The minimum Gasteiger partial charge on any atom is -0.454 e. The Balaban J connectivity index is 1.62. The lowest BCUT2D eigenvalue weighted by Gasteiger charge is -2.24. The van der Waals surface area contributed by atoms with E-state index >= 15 is 0 Å². The first-order chi connectivity index (χ1) is 13.5. The van der Waals surface area contributed by atoms with Gasteiger partial charge >= 0.3 is 0 Å². The predicted octanol–water partition coefficient (Wildman–Crippen LogP) is 1.85. The van der Waals surface area contributed by atoms with Crippen molar-refractivity contribution in [2.45, 2.75) is 31.0 Å². The number of ether oxygens (including phenoxy) is 1. The van der Waals surface area contributed by atoms with E-state index in [2.05, 4.69) is 9.97 Å². The third-order valence-electron chi connectivity index (χ3n) is 5.39. The second-order valence-electron chi connectivity index (χ2n) is 7.25. The first-order valence-electron chi connectivity index (χ1n) is 8.97. The molecule has 4 atom stereocenters. The van der Waals surface area contributed by atoms with Gasteiger partial charge in [0.05, 0.1) is 6.61 Å². The normalized spacial score (nSPS) is 27.8. The van der Waals surface area contributed by atoms with Gasteiger partial charge in [0.1, 0.15) is 41.1 Å². The lowest BCUT2D eigenvalue weighted by Crippen LogP contribution is -2.43. The van der Waals surface area contributed by atoms with Crippen molar-refractivity contribution in [1.29, 1.82) is 0 Å². The molecule has 0 bridgehead atoms. The highest BCUT2D eigenvalue weighted by atomic mass is 16.6. The summed E-state index contributed by atoms with van der Waals surface area (Å²) in [5, 5.41) is 32.0. The highest BCUT2D eigenvalue weighted by Gasteiger charge is 2.51. The van der Waals surface area contributed by atoms with E-state index in [0.29, 0.717) is 17.1 Å². The first kappa shape index (κ1) is 17.3. The molecular formula is C20H19N3O5. The number of hydrogen-bond acceptors (Lipinski definition) is 7. The monoisotopic (exact) mass is 381 g/mol. The number of benzene rings is 1. The molecule has 1 aromatic carbocycles. The Morgan fingerprint density at radius 3 is 2.75 bits per heavy atom. The Morgan fingerprint density at radius 1 is 1.18 bits per heavy atom. The zero-order valence-electron chi connectivity index (χ0n) is 15.1. The van der Waals surface area contributed by atoms with Crippen LogP contribution in [0.15, 0.2) is 53.3 Å². The maximum Gasteiger partial charge on any atom is 0.164 e. The van der Waals surface area contributed by atoms with Gasteiger partial charge in [0, 0.05) is 17.0 Å². The van der Waals surface area contributed by atoms with Gasteiger partial charge in [-0.25, -0.2) is 9.97 Å². The zero-order valence-corrected chi connectivity index (χ0v) is 15.1. The fourth-order valence-corrected chi connectivity index (χ4v) is 3.76. The van der Waals surface area contributed by atoms with Crippen LogP contribution in [0.2, 0.25) is 0 Å². The van der Waals surface area contributed by atoms with E-state index in [0.717, 1.165) is 16.4 Å². The Labute approximate surface area is 159 Å². The van der Waals surface area contributed by atoms with E-state index in [1.165, 1.54) is 6.33 Å². The Bertz CT molecular complexity index is 1140. The lowest BCUT2D eigenvalue weighted by atomic mass is 9.99. The van der Waals surface area contributed by atoms with Gasteiger partial charge in [0.25, 0.3) is 0 Å². The number of para-hydroxylation sites is 1. The van der Waals surface area contributed by atoms with Crippen LogP contribution in [0.1, 0.15) is 13.2 Å². The van der Waals surface area contributed by atoms with Crippen molar-refractivity contribution in [1.82, 2.24) is 14.5 Å². The van der Waals surface area contributed by atoms with Gasteiger partial charge < -0.3 is 29.0 Å². The van der Waals surface area contributed by atoms with Crippen molar-refractivity contribution in [2.75, 3.05) is 6.61 Å². The maximum absolute atomic E-state index is 10.5. The quantitative estimate of drug-likeness (QED) is 0.496. The molecule has 3 N–H and O–H groups in total. The van der Waals surface area contributed by atoms with E-state index in [9.17, 15) is 15.3 Å². The molecular weight excluding hydrogens is 362 g/mol. The third kappa shape index (κ3) is 2.39. The summed E-state index contributed by atoms with van der Waals surface area (Å²) >= 11 is 0. The van der Waals surface area contributed by atoms with E-state index in [4.69, 9.17) is 9.15 Å². The topological polar surface area (TPSA) is 114 Å². The first-order valence-corrected chi connectivity index (χ1v) is 8.97. The Morgan fingerprint density at radius 2 is 2.00 bits per heavy atom. The molecule has 144 valence electrons. The number of nitrogens with zero attached hydrogens (tertiary/aromatic N) is 3. The number of rotatable bonds is 3. The summed E-state index contributed by atoms with van der Waals surface area (Å²) in [5.74, 6) is 0.611. The molecule has 8 nitrogen and oxygen atoms in total. The summed E-state index contributed by atoms with van der Waals surface area (Å²) in [5.41, 5.74) is 0.664. The molecule has 0 aliphatic carbocycles. The van der Waals surface area contributed by atoms with E-state index in [1.54, 1.807) is 17.7 Å². The molecule has 1 fully saturated rings. The maximum atomic E-state index is 10.5. The molecule has 0 saturated carbocycles. The zero-order chi connectivity index (χ0) is 19.5. The number of furan rings is 1. The Hall–Kier alpha value is -2.78. The molecule has 4 aromatic rings. The molecule has 5 rings (SSSR count). The summed E-state index contributed by atoms with van der Waals surface area (Å²) < 4.78 is 13.4. The highest BCUT2D eigenvalue weighted by molar-refractivity contribution is 5.92. The van der Waals surface area contributed by atoms with E-state index < -0.39 is 30.6 Å². The van der Waals surface area contributed by atoms with Crippen molar-refractivity contribution >= 4 is 22.0 Å². The number of aromatic nitrogens is 3. The number of aliphatic hydroxyl groups is 3. The van der Waals surface area contributed by atoms with Gasteiger partial charge in [0.15, 0.2) is 12.0 Å². The van der Waals surface area contributed by atoms with E-state index in [-0.39, 0.29) is 0 Å². The number of hydrogen-bond donors (Lipinski definition) is 3. The number of aliphatic hydroxyl groups excluding tert-OH is 3. The van der Waals surface area contributed by atoms with E-state index in [1.807, 2.05) is 36.4 Å². The molecule has 1 aliphatic heterocycles. The summed E-state index contributed by atoms with van der Waals surface area (Å²) in [6, 6.07) is 11.4. The summed E-state index contributed by atoms with van der Waals surface area (Å²) in [7, 11) is 0. The molecule has 1 aliphatic rings. The fourth-order valence-electron chi connectivity index (χ4n) is 3.76. The van der Waals surface area contributed by atoms with Crippen LogP contribution in [-0.2, 0) is 4.74 Å². The molecule has 8 heteroatoms. The minimum absolute atomic E-state index is 0.417. The van der Waals surface area contributed by atoms with Crippen molar-refractivity contribution in [2.24, 2.45) is 0 Å². The molecule has 0 unspecified atom stereocenters. The largest absolute Gasteiger partial charge is 0.454 e. The van der Waals surface area contributed by atoms with Gasteiger partial charge in [0.2, 0.25) is 0 Å². The second-order valence-corrected chi connectivity index (χ2v) is 7.25. The molecule has 0 radical (unpaired) electrons. The fraction of sp³-hybridized carbons (Fsp3) is 0.300. The number of fused-ring (bicyclic) bond motifs is 2. The van der Waals surface area contributed by atoms with Crippen LogP contribution < -0.4 is 0 Å². The standard InChI is InChI=1S/C20H19N3O5/c1-20(9-24)17(26)16(25)19(28-20)23-7-6-12-15(21-10-22-18(12)23)14-8-11-4-2-3-5-13(11)27-14/h2-8,10,16-17,19,24-26H,9H2,1H3/t16-,17+,19-,20-/m1/s1. The van der Waals surface area contributed by atoms with Crippen LogP contribution in [0, 0.1) is 0 Å². The van der Waals surface area contributed by atoms with Crippen LogP contribution in [-0.4, -0.2) is 54.3 Å². The third-order valence-corrected chi connectivity index (χ3v) is 5.39. The molecule has 0 spiro atoms. The minimum atomic E-state index is -1.25. The second kappa shape index (κ2) is 6.11. The molecule has 1 saturated heterocycles. The molecule has 4 heterocycles. The van der Waals surface area contributed by atoms with Crippen LogP contribution in [0.4, 0.5) is 0 Å². The van der Waals surface area contributed by atoms with Gasteiger partial charge in [-0.05, 0) is 25.1 Å². The lowest BCUT2D eigenvalue weighted by molar-refractivity contribution is -0.115. The van der Waals surface area contributed by atoms with Crippen molar-refractivity contribution in [3.05, 3.63) is 48.9 Å². The summed E-state index contributed by atoms with van der Waals surface area (Å²) in [6.07, 6.45) is -0.184. The average molecular weight is 381 g/mol. The molecule has 28 heavy (non-hydrogen) atoms. The van der Waals surface area contributed by atoms with Gasteiger partial charge in [-0.3, -0.25) is 0 Å². The average Bonchev–Trinajstić information content (AvgIpc) is 3.39. The summed E-state index contributed by atoms with van der Waals surface area (Å²) in [4.78, 5) is 8.71. The van der Waals surface area contributed by atoms with Gasteiger partial charge in [-0.2, -0.15) is 0 Å². The van der Waals surface area contributed by atoms with Gasteiger partial charge in [-0.15, -0.1) is 0 Å². The predicted molar refractivity (Wildman–Crippen MR) is 100 cm³/mol. The SMILES string of the molecule is C[C@]1(CO)O[C@@H](n2ccc3c(-c4cc5ccccc5o4)ncnc32)[C@H](O)[C@@H]1O. The Kier molecular flexibility index (Phi) is 3.78. The van der Waals surface area contributed by atoms with Crippen molar-refractivity contribution in [3.8, 4) is 11.5 Å². The molecule has 0 amide bonds. The summed E-state index contributed by atoms with van der Waals surface area (Å²) in [6.45, 7) is 1.14. The smallest absolute Gasteiger partial charge is 0.164 e. The van der Waals surface area contributed by atoms with Crippen molar-refractivity contribution in [3.63, 3.8) is 0 Å². The van der Waals surface area contributed by atoms with Crippen molar-refractivity contribution < 1.29 is 24.5 Å². The molecule has 3 aromatic heterocycles. The van der Waals surface area contributed by atoms with Crippen LogP contribution >= 0.6 is 0 Å². The van der Waals surface area contributed by atoms with Crippen LogP contribution in [0.25, 0.3) is 33.5 Å². The van der Waals surface area contributed by atoms with Crippen LogP contribution in [0.3, 0.4) is 0 Å². The van der Waals surface area contributed by atoms with Gasteiger partial charge in [-0.1, -0.05) is 18.2 Å². The van der Waals surface area contributed by atoms with Crippen LogP contribution in [0.5, 0.6) is 0 Å². The highest BCUT2D eigenvalue weighted by Crippen LogP contribution is 2.39.